The molecule has 0 bridgehead atoms. The van der Waals surface area contributed by atoms with E-state index in [1.807, 2.05) is 55.5 Å². The Morgan fingerprint density at radius 3 is 2.93 bits per heavy atom. The summed E-state index contributed by atoms with van der Waals surface area (Å²) in [5.74, 6) is 0.340. The van der Waals surface area contributed by atoms with Gasteiger partial charge in [0.05, 0.1) is 22.6 Å². The Morgan fingerprint density at radius 2 is 2.15 bits per heavy atom. The number of hydrogen-bond acceptors (Lipinski definition) is 4. The van der Waals surface area contributed by atoms with E-state index in [1.54, 1.807) is 6.08 Å². The highest BCUT2D eigenvalue weighted by Gasteiger charge is 2.34. The molecule has 0 fully saturated rings. The number of halogens is 1. The Kier molecular flexibility index (Phi) is 4.58. The third kappa shape index (κ3) is 3.06. The summed E-state index contributed by atoms with van der Waals surface area (Å²) in [7, 11) is 0. The van der Waals surface area contributed by atoms with E-state index in [9.17, 15) is 4.79 Å². The molecule has 1 N–H and O–H groups in total. The second-order valence-corrected chi connectivity index (χ2v) is 7.22. The van der Waals surface area contributed by atoms with Crippen LogP contribution in [-0.4, -0.2) is 22.1 Å². The molecule has 1 aromatic heterocycles. The number of anilines is 1. The van der Waals surface area contributed by atoms with Gasteiger partial charge in [0.2, 0.25) is 5.95 Å². The Labute approximate surface area is 165 Å². The molecule has 2 aromatic carbocycles. The van der Waals surface area contributed by atoms with Crippen LogP contribution >= 0.6 is 15.9 Å². The lowest BCUT2D eigenvalue weighted by molar-refractivity contribution is -0.138. The number of benzene rings is 2. The average molecular weight is 424 g/mol. The number of allylic oxidation sites excluding steroid dienone is 1. The smallest absolute Gasteiger partial charge is 0.338 e. The minimum Gasteiger partial charge on any atom is -0.458 e. The summed E-state index contributed by atoms with van der Waals surface area (Å²) in [6, 6.07) is 15.5. The second-order valence-electron chi connectivity index (χ2n) is 6.30. The number of imidazole rings is 1. The quantitative estimate of drug-likeness (QED) is 0.482. The number of rotatable bonds is 4. The lowest BCUT2D eigenvalue weighted by Crippen LogP contribution is -2.29. The van der Waals surface area contributed by atoms with Crippen LogP contribution < -0.4 is 5.32 Å². The van der Waals surface area contributed by atoms with Crippen LogP contribution in [0.4, 0.5) is 5.95 Å². The molecule has 27 heavy (non-hydrogen) atoms. The molecule has 3 aromatic rings. The predicted octanol–water partition coefficient (Wildman–Crippen LogP) is 4.82. The third-order valence-electron chi connectivity index (χ3n) is 4.55. The minimum atomic E-state index is -0.367. The van der Waals surface area contributed by atoms with Crippen LogP contribution in [-0.2, 0) is 9.53 Å². The lowest BCUT2D eigenvalue weighted by atomic mass is 9.95. The molecular weight excluding hydrogens is 406 g/mol. The fraction of sp³-hybridized carbons (Fsp3) is 0.143. The molecule has 1 atom stereocenters. The molecule has 0 spiro atoms. The van der Waals surface area contributed by atoms with Crippen LogP contribution in [0.2, 0.25) is 0 Å². The fourth-order valence-corrected chi connectivity index (χ4v) is 3.85. The van der Waals surface area contributed by atoms with Crippen molar-refractivity contribution in [3.63, 3.8) is 0 Å². The van der Waals surface area contributed by atoms with Gasteiger partial charge in [0.25, 0.3) is 0 Å². The number of nitrogens with zero attached hydrogens (tertiary/aromatic N) is 2. The molecule has 5 nitrogen and oxygen atoms in total. The summed E-state index contributed by atoms with van der Waals surface area (Å²) in [5, 5.41) is 3.26. The summed E-state index contributed by atoms with van der Waals surface area (Å²) < 4.78 is 8.38. The maximum atomic E-state index is 12.9. The lowest BCUT2D eigenvalue weighted by Gasteiger charge is -2.30. The number of nitrogens with one attached hydrogen (secondary N) is 1. The van der Waals surface area contributed by atoms with Crippen molar-refractivity contribution in [2.45, 2.75) is 13.0 Å². The standard InChI is InChI=1S/C21H18BrN3O2/c1-3-11-27-20(26)18-13(2)23-21-24-16-9-4-5-10-17(16)25(21)19(18)14-7-6-8-15(22)12-14/h3-10,12,19H,1,11H2,2H3,(H,23,24). The third-order valence-corrected chi connectivity index (χ3v) is 5.04. The van der Waals surface area contributed by atoms with Crippen molar-refractivity contribution in [3.05, 3.63) is 82.5 Å². The van der Waals surface area contributed by atoms with Crippen LogP contribution in [0.1, 0.15) is 18.5 Å². The number of carbonyl (C=O) groups is 1. The van der Waals surface area contributed by atoms with Gasteiger partial charge in [-0.2, -0.15) is 0 Å². The van der Waals surface area contributed by atoms with Gasteiger partial charge in [-0.05, 0) is 36.8 Å². The van der Waals surface area contributed by atoms with Crippen molar-refractivity contribution in [2.75, 3.05) is 11.9 Å². The van der Waals surface area contributed by atoms with E-state index in [1.165, 1.54) is 0 Å². The number of fused-ring (bicyclic) bond motifs is 3. The number of esters is 1. The number of aromatic nitrogens is 2. The first-order chi connectivity index (χ1) is 13.1. The zero-order valence-electron chi connectivity index (χ0n) is 14.8. The maximum Gasteiger partial charge on any atom is 0.338 e. The Balaban J connectivity index is 1.95. The van der Waals surface area contributed by atoms with Gasteiger partial charge in [0.15, 0.2) is 0 Å². The zero-order chi connectivity index (χ0) is 19.0. The van der Waals surface area contributed by atoms with Crippen LogP contribution in [0.5, 0.6) is 0 Å². The van der Waals surface area contributed by atoms with Gasteiger partial charge < -0.3 is 10.1 Å². The van der Waals surface area contributed by atoms with E-state index in [4.69, 9.17) is 9.72 Å². The van der Waals surface area contributed by atoms with Crippen LogP contribution in [0.15, 0.2) is 76.9 Å². The second kappa shape index (κ2) is 7.04. The molecule has 0 saturated carbocycles. The molecule has 1 aliphatic heterocycles. The first kappa shape index (κ1) is 17.5. The van der Waals surface area contributed by atoms with Gasteiger partial charge in [0.1, 0.15) is 6.61 Å². The monoisotopic (exact) mass is 423 g/mol. The summed E-state index contributed by atoms with van der Waals surface area (Å²) in [6.45, 7) is 5.66. The highest BCUT2D eigenvalue weighted by atomic mass is 79.9. The molecule has 136 valence electrons. The number of ether oxygens (including phenoxy) is 1. The Morgan fingerprint density at radius 1 is 1.33 bits per heavy atom. The molecule has 0 amide bonds. The number of hydrogen-bond donors (Lipinski definition) is 1. The highest BCUT2D eigenvalue weighted by molar-refractivity contribution is 9.10. The normalized spacial score (nSPS) is 16.0. The van der Waals surface area contributed by atoms with Gasteiger partial charge in [0, 0.05) is 10.2 Å². The minimum absolute atomic E-state index is 0.165. The van der Waals surface area contributed by atoms with E-state index in [0.29, 0.717) is 11.5 Å². The molecule has 0 saturated heterocycles. The fourth-order valence-electron chi connectivity index (χ4n) is 3.43. The van der Waals surface area contributed by atoms with Gasteiger partial charge in [-0.25, -0.2) is 9.78 Å². The van der Waals surface area contributed by atoms with Crippen LogP contribution in [0, 0.1) is 0 Å². The average Bonchev–Trinajstić information content (AvgIpc) is 3.02. The van der Waals surface area contributed by atoms with Crippen LogP contribution in [0.25, 0.3) is 11.0 Å². The largest absolute Gasteiger partial charge is 0.458 e. The highest BCUT2D eigenvalue weighted by Crippen LogP contribution is 2.40. The molecule has 1 unspecified atom stereocenters. The van der Waals surface area contributed by atoms with Crippen molar-refractivity contribution in [2.24, 2.45) is 0 Å². The molecule has 6 heteroatoms. The SMILES string of the molecule is C=CCOC(=O)C1=C(C)Nc2nc3ccccc3n2C1c1cccc(Br)c1. The van der Waals surface area contributed by atoms with Gasteiger partial charge in [-0.15, -0.1) is 0 Å². The summed E-state index contributed by atoms with van der Waals surface area (Å²) in [6.07, 6.45) is 1.57. The van der Waals surface area contributed by atoms with Crippen molar-refractivity contribution in [1.29, 1.82) is 0 Å². The number of para-hydroxylation sites is 2. The van der Waals surface area contributed by atoms with Crippen LogP contribution in [0.3, 0.4) is 0 Å². The maximum absolute atomic E-state index is 12.9. The zero-order valence-corrected chi connectivity index (χ0v) is 16.4. The van der Waals surface area contributed by atoms with E-state index < -0.39 is 0 Å². The van der Waals surface area contributed by atoms with Gasteiger partial charge in [-0.3, -0.25) is 4.57 Å². The molecule has 4 rings (SSSR count). The first-order valence-electron chi connectivity index (χ1n) is 8.58. The molecule has 1 aliphatic rings. The summed E-state index contributed by atoms with van der Waals surface area (Å²) >= 11 is 3.54. The van der Waals surface area contributed by atoms with Crippen molar-refractivity contribution in [1.82, 2.24) is 9.55 Å². The van der Waals surface area contributed by atoms with Gasteiger partial charge in [-0.1, -0.05) is 52.9 Å². The Bertz CT molecular complexity index is 1080. The molecule has 2 heterocycles. The number of carbonyl (C=O) groups excluding carboxylic acids is 1. The van der Waals surface area contributed by atoms with E-state index in [2.05, 4.69) is 32.4 Å². The molecule has 0 radical (unpaired) electrons. The summed E-state index contributed by atoms with van der Waals surface area (Å²) in [4.78, 5) is 17.6. The van der Waals surface area contributed by atoms with E-state index in [0.717, 1.165) is 26.8 Å². The topological polar surface area (TPSA) is 56.1 Å². The Hall–Kier alpha value is -2.86. The van der Waals surface area contributed by atoms with Gasteiger partial charge >= 0.3 is 5.97 Å². The van der Waals surface area contributed by atoms with E-state index in [-0.39, 0.29) is 18.6 Å². The van der Waals surface area contributed by atoms with Crippen molar-refractivity contribution >= 4 is 38.9 Å². The summed E-state index contributed by atoms with van der Waals surface area (Å²) in [5.41, 5.74) is 4.09. The molecule has 0 aliphatic carbocycles. The van der Waals surface area contributed by atoms with Crippen molar-refractivity contribution < 1.29 is 9.53 Å². The van der Waals surface area contributed by atoms with E-state index >= 15 is 0 Å². The predicted molar refractivity (Wildman–Crippen MR) is 109 cm³/mol. The van der Waals surface area contributed by atoms with Crippen molar-refractivity contribution in [3.8, 4) is 0 Å². The first-order valence-corrected chi connectivity index (χ1v) is 9.37. The molecular formula is C21H18BrN3O2.